The summed E-state index contributed by atoms with van der Waals surface area (Å²) >= 11 is 0. The van der Waals surface area contributed by atoms with Gasteiger partial charge < -0.3 is 9.84 Å². The molecule has 0 saturated heterocycles. The minimum absolute atomic E-state index is 0.267. The average molecular weight is 392 g/mol. The summed E-state index contributed by atoms with van der Waals surface area (Å²) in [6, 6.07) is 12.6. The fourth-order valence-electron chi connectivity index (χ4n) is 3.84. The number of benzene rings is 2. The zero-order valence-corrected chi connectivity index (χ0v) is 16.8. The number of hydrogen-bond acceptors (Lipinski definition) is 5. The van der Waals surface area contributed by atoms with Crippen molar-refractivity contribution in [3.05, 3.63) is 64.2 Å². The second-order valence-electron chi connectivity index (χ2n) is 7.29. The lowest BCUT2D eigenvalue weighted by atomic mass is 9.84. The minimum Gasteiger partial charge on any atom is -0.462 e. The van der Waals surface area contributed by atoms with Crippen molar-refractivity contribution in [2.24, 2.45) is 5.92 Å². The van der Waals surface area contributed by atoms with Gasteiger partial charge >= 0.3 is 5.97 Å². The lowest BCUT2D eigenvalue weighted by molar-refractivity contribution is -0.119. The van der Waals surface area contributed by atoms with E-state index in [2.05, 4.69) is 6.07 Å². The van der Waals surface area contributed by atoms with Crippen molar-refractivity contribution in [2.45, 2.75) is 39.8 Å². The molecule has 1 aliphatic rings. The first-order chi connectivity index (χ1) is 13.8. The highest BCUT2D eigenvalue weighted by molar-refractivity contribution is 5.95. The molecule has 0 aromatic heterocycles. The number of ether oxygens (including phenoxy) is 1. The van der Waals surface area contributed by atoms with Crippen molar-refractivity contribution < 1.29 is 19.4 Å². The summed E-state index contributed by atoms with van der Waals surface area (Å²) in [5.41, 5.74) is 4.39. The first kappa shape index (κ1) is 20.6. The molecule has 0 radical (unpaired) electrons. The highest BCUT2D eigenvalue weighted by Crippen LogP contribution is 2.36. The molecule has 1 aliphatic heterocycles. The number of fused-ring (bicyclic) bond motifs is 1. The van der Waals surface area contributed by atoms with E-state index in [1.54, 1.807) is 31.2 Å². The van der Waals surface area contributed by atoms with Crippen LogP contribution in [0.4, 0.5) is 5.69 Å². The third-order valence-electron chi connectivity index (χ3n) is 5.32. The van der Waals surface area contributed by atoms with Crippen LogP contribution in [-0.4, -0.2) is 29.8 Å². The highest BCUT2D eigenvalue weighted by Gasteiger charge is 2.36. The van der Waals surface area contributed by atoms with Crippen LogP contribution in [-0.2, 0) is 22.4 Å². The van der Waals surface area contributed by atoms with E-state index < -0.39 is 12.2 Å². The Balaban J connectivity index is 1.98. The first-order valence-corrected chi connectivity index (χ1v) is 9.63. The van der Waals surface area contributed by atoms with Crippen LogP contribution >= 0.6 is 0 Å². The number of esters is 1. The van der Waals surface area contributed by atoms with Crippen LogP contribution in [0.25, 0.3) is 0 Å². The summed E-state index contributed by atoms with van der Waals surface area (Å²) in [4.78, 5) is 25.8. The number of carbonyl (C=O) groups excluding carboxylic acids is 2. The number of rotatable bonds is 4. The number of nitriles is 1. The molecule has 2 aromatic carbocycles. The molecule has 1 amide bonds. The maximum absolute atomic E-state index is 12.3. The molecule has 0 bridgehead atoms. The molecule has 0 unspecified atom stereocenters. The Kier molecular flexibility index (Phi) is 6.00. The van der Waals surface area contributed by atoms with Gasteiger partial charge in [0.15, 0.2) is 0 Å². The summed E-state index contributed by atoms with van der Waals surface area (Å²) in [5, 5.41) is 20.1. The van der Waals surface area contributed by atoms with Gasteiger partial charge in [0, 0.05) is 18.5 Å². The van der Waals surface area contributed by atoms with Crippen molar-refractivity contribution in [2.75, 3.05) is 11.5 Å². The zero-order chi connectivity index (χ0) is 21.1. The molecular formula is C23H24N2O4. The second-order valence-corrected chi connectivity index (χ2v) is 7.29. The molecule has 2 aromatic rings. The topological polar surface area (TPSA) is 90.6 Å². The Labute approximate surface area is 170 Å². The SMILES string of the molecule is CCOC(=O)c1ccc2c(c1)C[C@@H](Cc1cc(C#N)ccc1C)[C@H](O)N2C(C)=O. The molecule has 2 atom stereocenters. The fourth-order valence-corrected chi connectivity index (χ4v) is 3.84. The van der Waals surface area contributed by atoms with Gasteiger partial charge in [-0.1, -0.05) is 6.07 Å². The van der Waals surface area contributed by atoms with Crippen LogP contribution in [0.15, 0.2) is 36.4 Å². The van der Waals surface area contributed by atoms with Gasteiger partial charge in [-0.05, 0) is 73.7 Å². The van der Waals surface area contributed by atoms with E-state index in [9.17, 15) is 20.0 Å². The predicted octanol–water partition coefficient (Wildman–Crippen LogP) is 3.13. The summed E-state index contributed by atoms with van der Waals surface area (Å²) in [6.45, 7) is 5.40. The first-order valence-electron chi connectivity index (χ1n) is 9.63. The van der Waals surface area contributed by atoms with E-state index in [0.717, 1.165) is 16.7 Å². The smallest absolute Gasteiger partial charge is 0.338 e. The zero-order valence-electron chi connectivity index (χ0n) is 16.8. The van der Waals surface area contributed by atoms with Crippen molar-refractivity contribution >= 4 is 17.6 Å². The number of aliphatic hydroxyl groups excluding tert-OH is 1. The summed E-state index contributed by atoms with van der Waals surface area (Å²) in [6.07, 6.45) is 0.0256. The Morgan fingerprint density at radius 3 is 2.69 bits per heavy atom. The van der Waals surface area contributed by atoms with Gasteiger partial charge in [-0.15, -0.1) is 0 Å². The van der Waals surface area contributed by atoms with Gasteiger partial charge in [-0.25, -0.2) is 4.79 Å². The lowest BCUT2D eigenvalue weighted by Gasteiger charge is -2.39. The van der Waals surface area contributed by atoms with Gasteiger partial charge in [-0.3, -0.25) is 9.69 Å². The van der Waals surface area contributed by atoms with Gasteiger partial charge in [0.2, 0.25) is 5.91 Å². The number of carbonyl (C=O) groups is 2. The molecule has 150 valence electrons. The third-order valence-corrected chi connectivity index (χ3v) is 5.32. The number of nitrogens with zero attached hydrogens (tertiary/aromatic N) is 2. The Morgan fingerprint density at radius 1 is 1.28 bits per heavy atom. The van der Waals surface area contributed by atoms with E-state index in [1.807, 2.05) is 19.1 Å². The standard InChI is InChI=1S/C23H24N2O4/c1-4-29-23(28)17-7-8-21-19(10-17)12-20(22(27)25(21)15(3)26)11-18-9-16(13-24)6-5-14(18)2/h5-10,20,22,27H,4,11-12H2,1-3H3/t20-,22+/m1/s1. The molecule has 3 rings (SSSR count). The van der Waals surface area contributed by atoms with Crippen molar-refractivity contribution in [3.8, 4) is 6.07 Å². The Hall–Kier alpha value is -3.17. The van der Waals surface area contributed by atoms with Crippen molar-refractivity contribution in [3.63, 3.8) is 0 Å². The predicted molar refractivity (Wildman–Crippen MR) is 108 cm³/mol. The summed E-state index contributed by atoms with van der Waals surface area (Å²) in [7, 11) is 0. The maximum atomic E-state index is 12.3. The van der Waals surface area contributed by atoms with Crippen LogP contribution < -0.4 is 4.90 Å². The van der Waals surface area contributed by atoms with Gasteiger partial charge in [0.1, 0.15) is 6.23 Å². The molecule has 1 heterocycles. The molecule has 0 aliphatic carbocycles. The van der Waals surface area contributed by atoms with Crippen LogP contribution in [0, 0.1) is 24.2 Å². The normalized spacial score (nSPS) is 18.0. The second kappa shape index (κ2) is 8.46. The van der Waals surface area contributed by atoms with E-state index in [1.165, 1.54) is 11.8 Å². The molecule has 6 heteroatoms. The number of anilines is 1. The minimum atomic E-state index is -0.987. The molecule has 1 N–H and O–H groups in total. The maximum Gasteiger partial charge on any atom is 0.338 e. The number of aryl methyl sites for hydroxylation is 1. The van der Waals surface area contributed by atoms with E-state index in [-0.39, 0.29) is 18.4 Å². The van der Waals surface area contributed by atoms with E-state index in [0.29, 0.717) is 29.7 Å². The van der Waals surface area contributed by atoms with Gasteiger partial charge in [-0.2, -0.15) is 5.26 Å². The molecular weight excluding hydrogens is 368 g/mol. The number of aliphatic hydroxyl groups is 1. The molecule has 29 heavy (non-hydrogen) atoms. The van der Waals surface area contributed by atoms with Gasteiger partial charge in [0.05, 0.1) is 23.8 Å². The van der Waals surface area contributed by atoms with Gasteiger partial charge in [0.25, 0.3) is 0 Å². The third kappa shape index (κ3) is 4.15. The number of hydrogen-bond donors (Lipinski definition) is 1. The largest absolute Gasteiger partial charge is 0.462 e. The quantitative estimate of drug-likeness (QED) is 0.808. The Bertz CT molecular complexity index is 993. The molecule has 6 nitrogen and oxygen atoms in total. The van der Waals surface area contributed by atoms with Crippen LogP contribution in [0.3, 0.4) is 0 Å². The van der Waals surface area contributed by atoms with E-state index in [4.69, 9.17) is 4.74 Å². The Morgan fingerprint density at radius 2 is 2.03 bits per heavy atom. The molecule has 0 fully saturated rings. The van der Waals surface area contributed by atoms with Crippen molar-refractivity contribution in [1.82, 2.24) is 0 Å². The highest BCUT2D eigenvalue weighted by atomic mass is 16.5. The summed E-state index contributed by atoms with van der Waals surface area (Å²) < 4.78 is 5.08. The fraction of sp³-hybridized carbons (Fsp3) is 0.348. The average Bonchev–Trinajstić information content (AvgIpc) is 2.69. The molecule has 0 saturated carbocycles. The van der Waals surface area contributed by atoms with E-state index >= 15 is 0 Å². The monoisotopic (exact) mass is 392 g/mol. The van der Waals surface area contributed by atoms with Crippen LogP contribution in [0.1, 0.15) is 46.5 Å². The molecule has 0 spiro atoms. The lowest BCUT2D eigenvalue weighted by Crippen LogP contribution is -2.48. The van der Waals surface area contributed by atoms with Crippen LogP contribution in [0.5, 0.6) is 0 Å². The van der Waals surface area contributed by atoms with Crippen LogP contribution in [0.2, 0.25) is 0 Å². The summed E-state index contributed by atoms with van der Waals surface area (Å²) in [5.74, 6) is -0.948. The number of amides is 1. The van der Waals surface area contributed by atoms with Crippen molar-refractivity contribution in [1.29, 1.82) is 5.26 Å².